The van der Waals surface area contributed by atoms with Crippen molar-refractivity contribution in [2.24, 2.45) is 5.92 Å². The highest BCUT2D eigenvalue weighted by atomic mass is 32.2. The number of esters is 2. The van der Waals surface area contributed by atoms with E-state index in [1.165, 1.54) is 11.8 Å². The summed E-state index contributed by atoms with van der Waals surface area (Å²) in [5.41, 5.74) is 0.905. The van der Waals surface area contributed by atoms with Gasteiger partial charge in [0.05, 0.1) is 16.0 Å². The molecule has 0 amide bonds. The molecule has 1 aromatic carbocycles. The Bertz CT molecular complexity index is 1040. The molecule has 2 aliphatic rings. The molecule has 0 saturated heterocycles. The Balaban J connectivity index is 1.26. The van der Waals surface area contributed by atoms with E-state index in [-0.39, 0.29) is 24.2 Å². The summed E-state index contributed by atoms with van der Waals surface area (Å²) in [6.07, 6.45) is 8.57. The van der Waals surface area contributed by atoms with Gasteiger partial charge < -0.3 is 9.47 Å². The van der Waals surface area contributed by atoms with E-state index in [0.29, 0.717) is 5.75 Å². The number of carbonyl (C=O) groups is 2. The zero-order valence-electron chi connectivity index (χ0n) is 14.7. The van der Waals surface area contributed by atoms with Crippen LogP contribution >= 0.6 is 23.1 Å². The van der Waals surface area contributed by atoms with Crippen molar-refractivity contribution in [2.45, 2.75) is 10.4 Å². The summed E-state index contributed by atoms with van der Waals surface area (Å²) in [7, 11) is 0. The van der Waals surface area contributed by atoms with Crippen molar-refractivity contribution in [1.82, 2.24) is 4.98 Å². The maximum Gasteiger partial charge on any atom is 0.346 e. The number of hydrogen-bond acceptors (Lipinski definition) is 7. The van der Waals surface area contributed by atoms with Gasteiger partial charge >= 0.3 is 11.9 Å². The van der Waals surface area contributed by atoms with Crippen molar-refractivity contribution in [3.63, 3.8) is 0 Å². The fourth-order valence-electron chi connectivity index (χ4n) is 2.76. The first kappa shape index (κ1) is 18.5. The first-order chi connectivity index (χ1) is 13.7. The summed E-state index contributed by atoms with van der Waals surface area (Å²) in [6, 6.07) is 7.97. The normalized spacial score (nSPS) is 20.0. The summed E-state index contributed by atoms with van der Waals surface area (Å²) in [4.78, 5) is 28.6. The summed E-state index contributed by atoms with van der Waals surface area (Å²) in [6.45, 7) is -0.0757. The lowest BCUT2D eigenvalue weighted by atomic mass is 9.93. The zero-order valence-corrected chi connectivity index (χ0v) is 16.3. The van der Waals surface area contributed by atoms with Crippen LogP contribution in [0.25, 0.3) is 10.2 Å². The molecule has 1 aliphatic carbocycles. The first-order valence-electron chi connectivity index (χ1n) is 8.60. The van der Waals surface area contributed by atoms with E-state index in [2.05, 4.69) is 16.8 Å². The zero-order chi connectivity index (χ0) is 19.3. The fraction of sp³-hybridized carbons (Fsp3) is 0.190. The molecule has 2 aromatic rings. The predicted molar refractivity (Wildman–Crippen MR) is 109 cm³/mol. The van der Waals surface area contributed by atoms with Gasteiger partial charge in [-0.15, -0.1) is 11.3 Å². The average molecular weight is 409 g/mol. The Hall–Kier alpha value is -2.82. The van der Waals surface area contributed by atoms with Crippen molar-refractivity contribution in [2.75, 3.05) is 12.4 Å². The lowest BCUT2D eigenvalue weighted by molar-refractivity contribution is -0.150. The minimum absolute atomic E-state index is 0.0757. The molecule has 2 heterocycles. The van der Waals surface area contributed by atoms with Gasteiger partial charge in [-0.1, -0.05) is 60.0 Å². The van der Waals surface area contributed by atoms with Crippen LogP contribution in [0.15, 0.2) is 64.6 Å². The number of aromatic nitrogens is 1. The number of thiazole rings is 1. The van der Waals surface area contributed by atoms with Crippen molar-refractivity contribution < 1.29 is 19.1 Å². The van der Waals surface area contributed by atoms with E-state index in [0.717, 1.165) is 14.6 Å². The van der Waals surface area contributed by atoms with Crippen LogP contribution in [0.4, 0.5) is 0 Å². The van der Waals surface area contributed by atoms with Gasteiger partial charge in [-0.2, -0.15) is 0 Å². The standard InChI is InChI=1S/C21H15NO4S2/c23-19(15-13-14-7-1-3-9-17(14)26-20(15)24)25-11-5-6-12-27-21-22-16-8-2-4-10-18(16)28-21/h1-4,7-10,13-14,17H,11-12H2/t14-,17-/m0/s1. The minimum atomic E-state index is -0.709. The molecular weight excluding hydrogens is 394 g/mol. The molecule has 5 nitrogen and oxygen atoms in total. The number of hydrogen-bond donors (Lipinski definition) is 0. The molecule has 2 atom stereocenters. The van der Waals surface area contributed by atoms with Crippen LogP contribution in [-0.2, 0) is 19.1 Å². The van der Waals surface area contributed by atoms with Gasteiger partial charge in [0.1, 0.15) is 11.7 Å². The van der Waals surface area contributed by atoms with E-state index >= 15 is 0 Å². The van der Waals surface area contributed by atoms with Gasteiger partial charge in [-0.25, -0.2) is 14.6 Å². The molecule has 0 spiro atoms. The third-order valence-electron chi connectivity index (χ3n) is 4.11. The Morgan fingerprint density at radius 1 is 1.25 bits per heavy atom. The quantitative estimate of drug-likeness (QED) is 0.333. The van der Waals surface area contributed by atoms with Crippen LogP contribution in [0.3, 0.4) is 0 Å². The highest BCUT2D eigenvalue weighted by molar-refractivity contribution is 8.01. The second kappa shape index (κ2) is 8.46. The number of ether oxygens (including phenoxy) is 2. The number of benzene rings is 1. The Kier molecular flexibility index (Phi) is 5.60. The Morgan fingerprint density at radius 2 is 2.11 bits per heavy atom. The predicted octanol–water partition coefficient (Wildman–Crippen LogP) is 3.53. The molecule has 0 saturated carbocycles. The number of carbonyl (C=O) groups excluding carboxylic acids is 2. The van der Waals surface area contributed by atoms with E-state index in [9.17, 15) is 9.59 Å². The number of nitrogens with zero attached hydrogens (tertiary/aromatic N) is 1. The van der Waals surface area contributed by atoms with Gasteiger partial charge in [0.25, 0.3) is 0 Å². The van der Waals surface area contributed by atoms with Crippen molar-refractivity contribution in [1.29, 1.82) is 0 Å². The molecule has 4 rings (SSSR count). The first-order valence-corrected chi connectivity index (χ1v) is 10.4. The van der Waals surface area contributed by atoms with E-state index in [1.54, 1.807) is 23.5 Å². The molecule has 28 heavy (non-hydrogen) atoms. The number of fused-ring (bicyclic) bond motifs is 2. The van der Waals surface area contributed by atoms with Crippen LogP contribution < -0.4 is 0 Å². The summed E-state index contributed by atoms with van der Waals surface area (Å²) < 4.78 is 12.4. The third kappa shape index (κ3) is 4.19. The molecule has 0 unspecified atom stereocenters. The highest BCUT2D eigenvalue weighted by Gasteiger charge is 2.33. The molecule has 7 heteroatoms. The molecule has 1 aromatic heterocycles. The SMILES string of the molecule is O=C(OCC#CCSc1nc2ccccc2s1)C1=C[C@@H]2C=CC=C[C@@H]2OC1=O. The molecule has 0 bridgehead atoms. The van der Waals surface area contributed by atoms with Gasteiger partial charge in [-0.3, -0.25) is 0 Å². The maximum absolute atomic E-state index is 12.1. The molecule has 140 valence electrons. The van der Waals surface area contributed by atoms with E-state index in [1.807, 2.05) is 42.5 Å². The van der Waals surface area contributed by atoms with Crippen LogP contribution in [0, 0.1) is 17.8 Å². The highest BCUT2D eigenvalue weighted by Crippen LogP contribution is 2.29. The molecule has 0 radical (unpaired) electrons. The van der Waals surface area contributed by atoms with Crippen molar-refractivity contribution >= 4 is 45.3 Å². The third-order valence-corrected chi connectivity index (χ3v) is 6.17. The number of allylic oxidation sites excluding steroid dienone is 2. The second-order valence-electron chi connectivity index (χ2n) is 5.96. The number of thioether (sulfide) groups is 1. The monoisotopic (exact) mass is 409 g/mol. The lowest BCUT2D eigenvalue weighted by Crippen LogP contribution is -2.33. The van der Waals surface area contributed by atoms with Crippen LogP contribution in [0.5, 0.6) is 0 Å². The van der Waals surface area contributed by atoms with Crippen LogP contribution in [-0.4, -0.2) is 35.4 Å². The smallest absolute Gasteiger partial charge is 0.346 e. The molecule has 0 N–H and O–H groups in total. The summed E-state index contributed by atoms with van der Waals surface area (Å²) in [5.74, 6) is 4.77. The Morgan fingerprint density at radius 3 is 3.00 bits per heavy atom. The van der Waals surface area contributed by atoms with E-state index < -0.39 is 11.9 Å². The Labute approximate surface area is 170 Å². The minimum Gasteiger partial charge on any atom is -0.453 e. The van der Waals surface area contributed by atoms with Crippen molar-refractivity contribution in [3.8, 4) is 11.8 Å². The van der Waals surface area contributed by atoms with Gasteiger partial charge in [0, 0.05) is 5.92 Å². The molecule has 1 aliphatic heterocycles. The largest absolute Gasteiger partial charge is 0.453 e. The topological polar surface area (TPSA) is 65.5 Å². The molecular formula is C21H15NO4S2. The number of para-hydroxylation sites is 1. The second-order valence-corrected chi connectivity index (χ2v) is 8.22. The van der Waals surface area contributed by atoms with Crippen LogP contribution in [0.2, 0.25) is 0 Å². The average Bonchev–Trinajstić information content (AvgIpc) is 3.12. The fourth-order valence-corrected chi connectivity index (χ4v) is 4.60. The van der Waals surface area contributed by atoms with Crippen molar-refractivity contribution in [3.05, 3.63) is 60.2 Å². The summed E-state index contributed by atoms with van der Waals surface area (Å²) in [5, 5.41) is 0. The van der Waals surface area contributed by atoms with Gasteiger partial charge in [-0.05, 0) is 18.2 Å². The maximum atomic E-state index is 12.1. The van der Waals surface area contributed by atoms with Gasteiger partial charge in [0.2, 0.25) is 0 Å². The molecule has 0 fully saturated rings. The van der Waals surface area contributed by atoms with Gasteiger partial charge in [0.15, 0.2) is 10.9 Å². The van der Waals surface area contributed by atoms with E-state index in [4.69, 9.17) is 9.47 Å². The lowest BCUT2D eigenvalue weighted by Gasteiger charge is -2.26. The summed E-state index contributed by atoms with van der Waals surface area (Å²) >= 11 is 3.16. The van der Waals surface area contributed by atoms with Crippen LogP contribution in [0.1, 0.15) is 0 Å². The number of rotatable bonds is 4.